The third kappa shape index (κ3) is 3.94. The van der Waals surface area contributed by atoms with E-state index in [1.807, 2.05) is 92.5 Å². The lowest BCUT2D eigenvalue weighted by Gasteiger charge is -2.32. The molecule has 0 spiro atoms. The predicted molar refractivity (Wildman–Crippen MR) is 97.7 cm³/mol. The molecule has 0 saturated heterocycles. The SMILES string of the molecule is C[C@H]([C@H](O)c1ccccc1)N(C)[C@@H](C#N)c1ccc(N(C)C)cc1. The molecule has 4 nitrogen and oxygen atoms in total. The topological polar surface area (TPSA) is 50.5 Å². The number of rotatable bonds is 6. The predicted octanol–water partition coefficient (Wildman–Crippen LogP) is 3.37. The van der Waals surface area contributed by atoms with Crippen LogP contribution >= 0.6 is 0 Å². The number of hydrogen-bond acceptors (Lipinski definition) is 4. The number of hydrogen-bond donors (Lipinski definition) is 1. The van der Waals surface area contributed by atoms with Gasteiger partial charge in [0.25, 0.3) is 0 Å². The molecule has 2 aromatic rings. The molecular formula is C20H25N3O. The van der Waals surface area contributed by atoms with E-state index in [1.54, 1.807) is 0 Å². The molecule has 0 aliphatic heterocycles. The van der Waals surface area contributed by atoms with Gasteiger partial charge in [-0.1, -0.05) is 42.5 Å². The summed E-state index contributed by atoms with van der Waals surface area (Å²) >= 11 is 0. The molecule has 0 aliphatic rings. The van der Waals surface area contributed by atoms with E-state index in [-0.39, 0.29) is 6.04 Å². The summed E-state index contributed by atoms with van der Waals surface area (Å²) in [5, 5.41) is 20.3. The first-order valence-corrected chi connectivity index (χ1v) is 8.07. The van der Waals surface area contributed by atoms with Gasteiger partial charge >= 0.3 is 0 Å². The van der Waals surface area contributed by atoms with Gasteiger partial charge < -0.3 is 10.0 Å². The number of anilines is 1. The second-order valence-electron chi connectivity index (χ2n) is 6.28. The van der Waals surface area contributed by atoms with Crippen molar-refractivity contribution in [3.8, 4) is 6.07 Å². The Labute approximate surface area is 144 Å². The maximum absolute atomic E-state index is 10.6. The number of likely N-dealkylation sites (N-methyl/N-ethyl adjacent to an activating group) is 1. The molecule has 4 heteroatoms. The number of aliphatic hydroxyl groups excluding tert-OH is 1. The fourth-order valence-electron chi connectivity index (χ4n) is 2.74. The van der Waals surface area contributed by atoms with Gasteiger partial charge in [0, 0.05) is 25.8 Å². The number of nitriles is 1. The van der Waals surface area contributed by atoms with E-state index < -0.39 is 12.1 Å². The van der Waals surface area contributed by atoms with Crippen molar-refractivity contribution in [1.82, 2.24) is 4.90 Å². The van der Waals surface area contributed by atoms with E-state index in [9.17, 15) is 10.4 Å². The lowest BCUT2D eigenvalue weighted by atomic mass is 9.99. The Kier molecular flexibility index (Phi) is 5.97. The van der Waals surface area contributed by atoms with Crippen molar-refractivity contribution in [2.24, 2.45) is 0 Å². The van der Waals surface area contributed by atoms with E-state index >= 15 is 0 Å². The third-order valence-corrected chi connectivity index (χ3v) is 4.50. The summed E-state index contributed by atoms with van der Waals surface area (Å²) in [6.45, 7) is 1.94. The molecule has 0 heterocycles. The van der Waals surface area contributed by atoms with Crippen LogP contribution in [0.2, 0.25) is 0 Å². The maximum atomic E-state index is 10.6. The van der Waals surface area contributed by atoms with Crippen LogP contribution in [0.5, 0.6) is 0 Å². The molecule has 126 valence electrons. The first kappa shape index (κ1) is 18.0. The van der Waals surface area contributed by atoms with Gasteiger partial charge in [-0.25, -0.2) is 0 Å². The lowest BCUT2D eigenvalue weighted by molar-refractivity contribution is 0.0605. The summed E-state index contributed by atoms with van der Waals surface area (Å²) in [7, 11) is 5.85. The summed E-state index contributed by atoms with van der Waals surface area (Å²) in [5.41, 5.74) is 2.88. The zero-order chi connectivity index (χ0) is 17.7. The largest absolute Gasteiger partial charge is 0.387 e. The van der Waals surface area contributed by atoms with Crippen molar-refractivity contribution >= 4 is 5.69 Å². The lowest BCUT2D eigenvalue weighted by Crippen LogP contribution is -2.37. The molecule has 0 aliphatic carbocycles. The van der Waals surface area contributed by atoms with Gasteiger partial charge in [-0.15, -0.1) is 0 Å². The van der Waals surface area contributed by atoms with Gasteiger partial charge in [-0.05, 0) is 37.2 Å². The smallest absolute Gasteiger partial charge is 0.123 e. The van der Waals surface area contributed by atoms with Crippen LogP contribution in [0.4, 0.5) is 5.69 Å². The van der Waals surface area contributed by atoms with Crippen molar-refractivity contribution in [2.75, 3.05) is 26.0 Å². The first-order chi connectivity index (χ1) is 11.5. The van der Waals surface area contributed by atoms with E-state index in [2.05, 4.69) is 6.07 Å². The minimum absolute atomic E-state index is 0.189. The highest BCUT2D eigenvalue weighted by molar-refractivity contribution is 5.47. The molecule has 0 radical (unpaired) electrons. The van der Waals surface area contributed by atoms with Gasteiger partial charge in [-0.2, -0.15) is 5.26 Å². The molecule has 0 amide bonds. The molecule has 1 N–H and O–H groups in total. The van der Waals surface area contributed by atoms with E-state index in [0.29, 0.717) is 0 Å². The molecule has 0 unspecified atom stereocenters. The molecule has 3 atom stereocenters. The molecule has 2 aromatic carbocycles. The van der Waals surface area contributed by atoms with Crippen molar-refractivity contribution in [1.29, 1.82) is 5.26 Å². The minimum atomic E-state index is -0.645. The quantitative estimate of drug-likeness (QED) is 0.885. The zero-order valence-electron chi connectivity index (χ0n) is 14.7. The first-order valence-electron chi connectivity index (χ1n) is 8.07. The number of benzene rings is 2. The summed E-state index contributed by atoms with van der Waals surface area (Å²) in [5.74, 6) is 0. The average Bonchev–Trinajstić information content (AvgIpc) is 2.62. The van der Waals surface area contributed by atoms with Crippen LogP contribution in [0.3, 0.4) is 0 Å². The Morgan fingerprint density at radius 2 is 1.50 bits per heavy atom. The normalized spacial score (nSPS) is 14.7. The standard InChI is InChI=1S/C20H25N3O/c1-15(20(24)17-8-6-5-7-9-17)23(4)19(14-21)16-10-12-18(13-11-16)22(2)3/h5-13,15,19-20,24H,1-4H3/t15-,19+,20+/m1/s1. The average molecular weight is 323 g/mol. The van der Waals surface area contributed by atoms with Crippen LogP contribution in [0.25, 0.3) is 0 Å². The van der Waals surface area contributed by atoms with Crippen molar-refractivity contribution < 1.29 is 5.11 Å². The molecule has 2 rings (SSSR count). The van der Waals surface area contributed by atoms with Crippen LogP contribution < -0.4 is 4.90 Å². The summed E-state index contributed by atoms with van der Waals surface area (Å²) in [4.78, 5) is 3.94. The second kappa shape index (κ2) is 7.96. The van der Waals surface area contributed by atoms with E-state index in [0.717, 1.165) is 16.8 Å². The number of nitrogens with zero attached hydrogens (tertiary/aromatic N) is 3. The molecule has 0 saturated carbocycles. The maximum Gasteiger partial charge on any atom is 0.123 e. The molecule has 24 heavy (non-hydrogen) atoms. The van der Waals surface area contributed by atoms with Gasteiger partial charge in [0.2, 0.25) is 0 Å². The van der Waals surface area contributed by atoms with Crippen molar-refractivity contribution in [2.45, 2.75) is 25.1 Å². The Bertz CT molecular complexity index is 676. The Balaban J connectivity index is 2.19. The van der Waals surface area contributed by atoms with Gasteiger partial charge in [0.15, 0.2) is 0 Å². The molecule has 0 aromatic heterocycles. The molecule has 0 fully saturated rings. The van der Waals surface area contributed by atoms with Crippen LogP contribution in [-0.4, -0.2) is 37.2 Å². The fraction of sp³-hybridized carbons (Fsp3) is 0.350. The summed E-state index contributed by atoms with van der Waals surface area (Å²) in [6.07, 6.45) is -0.645. The third-order valence-electron chi connectivity index (χ3n) is 4.50. The number of aliphatic hydroxyl groups is 1. The van der Waals surface area contributed by atoms with Crippen LogP contribution in [-0.2, 0) is 0 Å². The monoisotopic (exact) mass is 323 g/mol. The Morgan fingerprint density at radius 3 is 2.00 bits per heavy atom. The zero-order valence-corrected chi connectivity index (χ0v) is 14.7. The van der Waals surface area contributed by atoms with Crippen LogP contribution in [0.1, 0.15) is 30.2 Å². The van der Waals surface area contributed by atoms with Gasteiger partial charge in [-0.3, -0.25) is 4.90 Å². The van der Waals surface area contributed by atoms with Crippen LogP contribution in [0.15, 0.2) is 54.6 Å². The Morgan fingerprint density at radius 1 is 0.917 bits per heavy atom. The van der Waals surface area contributed by atoms with Crippen LogP contribution in [0, 0.1) is 11.3 Å². The second-order valence-corrected chi connectivity index (χ2v) is 6.28. The van der Waals surface area contributed by atoms with Gasteiger partial charge in [0.05, 0.1) is 12.2 Å². The minimum Gasteiger partial charge on any atom is -0.387 e. The van der Waals surface area contributed by atoms with Crippen molar-refractivity contribution in [3.05, 3.63) is 65.7 Å². The summed E-state index contributed by atoms with van der Waals surface area (Å²) < 4.78 is 0. The van der Waals surface area contributed by atoms with E-state index in [4.69, 9.17) is 0 Å². The molecular weight excluding hydrogens is 298 g/mol. The summed E-state index contributed by atoms with van der Waals surface area (Å²) in [6, 6.07) is 19.3. The van der Waals surface area contributed by atoms with Gasteiger partial charge in [0.1, 0.15) is 6.04 Å². The molecule has 0 bridgehead atoms. The fourth-order valence-corrected chi connectivity index (χ4v) is 2.74. The van der Waals surface area contributed by atoms with Crippen molar-refractivity contribution in [3.63, 3.8) is 0 Å². The highest BCUT2D eigenvalue weighted by atomic mass is 16.3. The highest BCUT2D eigenvalue weighted by Gasteiger charge is 2.27. The van der Waals surface area contributed by atoms with E-state index in [1.165, 1.54) is 0 Å². The highest BCUT2D eigenvalue weighted by Crippen LogP contribution is 2.28. The Hall–Kier alpha value is -2.35.